The molecule has 2 N–H and O–H groups in total. The maximum absolute atomic E-state index is 12.3. The number of carbonyl (C=O) groups is 2. The van der Waals surface area contributed by atoms with Crippen LogP contribution in [-0.4, -0.2) is 22.6 Å². The molecule has 0 aliphatic heterocycles. The van der Waals surface area contributed by atoms with Gasteiger partial charge in [0.1, 0.15) is 0 Å². The van der Waals surface area contributed by atoms with Crippen molar-refractivity contribution >= 4 is 56.5 Å². The van der Waals surface area contributed by atoms with Crippen molar-refractivity contribution in [2.75, 3.05) is 16.4 Å². The van der Waals surface area contributed by atoms with Crippen LogP contribution in [0.25, 0.3) is 10.2 Å². The second-order valence-corrected chi connectivity index (χ2v) is 9.15. The molecule has 0 aliphatic rings. The van der Waals surface area contributed by atoms with E-state index in [1.807, 2.05) is 78.9 Å². The molecule has 4 rings (SSSR count). The van der Waals surface area contributed by atoms with Crippen molar-refractivity contribution in [2.45, 2.75) is 17.2 Å². The summed E-state index contributed by atoms with van der Waals surface area (Å²) in [5.74, 6) is 0.208. The Bertz CT molecular complexity index is 1180. The standard InChI is InChI=1S/C24H21N3O2S2/c28-22(14-11-17-7-3-1-4-8-17)26-19-12-13-20-21(15-19)31-24(27-20)30-16-23(29)25-18-9-5-2-6-10-18/h1-10,12-13,15H,11,14,16H2,(H,25,29)(H,26,28). The third-order valence-corrected chi connectivity index (χ3v) is 6.68. The highest BCUT2D eigenvalue weighted by molar-refractivity contribution is 8.01. The molecule has 31 heavy (non-hydrogen) atoms. The molecule has 5 nitrogen and oxygen atoms in total. The number of hydrogen-bond acceptors (Lipinski definition) is 5. The average molecular weight is 448 g/mol. The topological polar surface area (TPSA) is 71.1 Å². The largest absolute Gasteiger partial charge is 0.326 e. The zero-order valence-corrected chi connectivity index (χ0v) is 18.3. The van der Waals surface area contributed by atoms with Gasteiger partial charge in [-0.25, -0.2) is 4.98 Å². The molecular formula is C24H21N3O2S2. The molecule has 4 aromatic rings. The third kappa shape index (κ3) is 6.16. The van der Waals surface area contributed by atoms with Gasteiger partial charge in [-0.2, -0.15) is 0 Å². The van der Waals surface area contributed by atoms with Crippen LogP contribution in [0.4, 0.5) is 11.4 Å². The molecule has 3 aromatic carbocycles. The van der Waals surface area contributed by atoms with Crippen LogP contribution in [0.15, 0.2) is 83.2 Å². The van der Waals surface area contributed by atoms with Crippen LogP contribution < -0.4 is 10.6 Å². The van der Waals surface area contributed by atoms with Gasteiger partial charge in [0.25, 0.3) is 0 Å². The molecule has 0 saturated carbocycles. The van der Waals surface area contributed by atoms with Crippen LogP contribution in [0.5, 0.6) is 0 Å². The minimum atomic E-state index is -0.0678. The molecule has 7 heteroatoms. The lowest BCUT2D eigenvalue weighted by Crippen LogP contribution is -2.13. The number of thioether (sulfide) groups is 1. The van der Waals surface area contributed by atoms with Gasteiger partial charge >= 0.3 is 0 Å². The molecule has 0 spiro atoms. The summed E-state index contributed by atoms with van der Waals surface area (Å²) in [6.45, 7) is 0. The molecule has 0 atom stereocenters. The van der Waals surface area contributed by atoms with Gasteiger partial charge in [-0.05, 0) is 42.3 Å². The molecule has 0 unspecified atom stereocenters. The first kappa shape index (κ1) is 21.1. The van der Waals surface area contributed by atoms with Crippen molar-refractivity contribution < 1.29 is 9.59 Å². The Morgan fingerprint density at radius 1 is 0.839 bits per heavy atom. The number of anilines is 2. The molecule has 0 saturated heterocycles. The number of nitrogens with one attached hydrogen (secondary N) is 2. The fourth-order valence-corrected chi connectivity index (χ4v) is 4.92. The minimum Gasteiger partial charge on any atom is -0.326 e. The minimum absolute atomic E-state index is 0.0140. The van der Waals surface area contributed by atoms with E-state index in [1.165, 1.54) is 23.1 Å². The normalized spacial score (nSPS) is 10.7. The first-order valence-electron chi connectivity index (χ1n) is 9.88. The molecule has 0 aliphatic carbocycles. The summed E-state index contributed by atoms with van der Waals surface area (Å²) in [5.41, 5.74) is 3.55. The van der Waals surface area contributed by atoms with Gasteiger partial charge in [0.2, 0.25) is 11.8 Å². The van der Waals surface area contributed by atoms with E-state index >= 15 is 0 Å². The highest BCUT2D eigenvalue weighted by Gasteiger charge is 2.10. The summed E-state index contributed by atoms with van der Waals surface area (Å²) in [6.07, 6.45) is 1.14. The van der Waals surface area contributed by atoms with E-state index in [2.05, 4.69) is 15.6 Å². The van der Waals surface area contributed by atoms with Gasteiger partial charge in [-0.15, -0.1) is 11.3 Å². The average Bonchev–Trinajstić information content (AvgIpc) is 3.20. The van der Waals surface area contributed by atoms with Crippen LogP contribution in [0.2, 0.25) is 0 Å². The second kappa shape index (κ2) is 10.2. The Morgan fingerprint density at radius 3 is 2.32 bits per heavy atom. The van der Waals surface area contributed by atoms with Gasteiger partial charge in [-0.3, -0.25) is 9.59 Å². The van der Waals surface area contributed by atoms with Crippen molar-refractivity contribution in [3.8, 4) is 0 Å². The number of benzene rings is 3. The van der Waals surface area contributed by atoms with Crippen LogP contribution in [0.3, 0.4) is 0 Å². The zero-order valence-electron chi connectivity index (χ0n) is 16.7. The summed E-state index contributed by atoms with van der Waals surface area (Å²) >= 11 is 2.92. The summed E-state index contributed by atoms with van der Waals surface area (Å²) in [5, 5.41) is 5.83. The van der Waals surface area contributed by atoms with Crippen molar-refractivity contribution in [2.24, 2.45) is 0 Å². The molecule has 0 radical (unpaired) electrons. The molecule has 156 valence electrons. The summed E-state index contributed by atoms with van der Waals surface area (Å²) in [6, 6.07) is 25.0. The zero-order chi connectivity index (χ0) is 21.5. The number of hydrogen-bond donors (Lipinski definition) is 2. The summed E-state index contributed by atoms with van der Waals surface area (Å²) < 4.78 is 1.80. The van der Waals surface area contributed by atoms with Gasteiger partial charge in [0, 0.05) is 17.8 Å². The lowest BCUT2D eigenvalue weighted by Gasteiger charge is -2.05. The van der Waals surface area contributed by atoms with Crippen LogP contribution in [0, 0.1) is 0 Å². The fraction of sp³-hybridized carbons (Fsp3) is 0.125. The van der Waals surface area contributed by atoms with E-state index < -0.39 is 0 Å². The van der Waals surface area contributed by atoms with Gasteiger partial charge in [0.15, 0.2) is 4.34 Å². The lowest BCUT2D eigenvalue weighted by molar-refractivity contribution is -0.116. The van der Waals surface area contributed by atoms with Gasteiger partial charge in [0.05, 0.1) is 16.0 Å². The van der Waals surface area contributed by atoms with Gasteiger partial charge < -0.3 is 10.6 Å². The van der Waals surface area contributed by atoms with E-state index in [-0.39, 0.29) is 17.6 Å². The lowest BCUT2D eigenvalue weighted by atomic mass is 10.1. The number of rotatable bonds is 8. The monoisotopic (exact) mass is 447 g/mol. The van der Waals surface area contributed by atoms with E-state index in [9.17, 15) is 9.59 Å². The van der Waals surface area contributed by atoms with E-state index in [1.54, 1.807) is 0 Å². The Kier molecular flexibility index (Phi) is 6.96. The van der Waals surface area contributed by atoms with Crippen molar-refractivity contribution in [1.29, 1.82) is 0 Å². The number of aryl methyl sites for hydroxylation is 1. The number of amides is 2. The number of nitrogens with zero attached hydrogens (tertiary/aromatic N) is 1. The molecular weight excluding hydrogens is 426 g/mol. The SMILES string of the molecule is O=C(CCc1ccccc1)Nc1ccc2nc(SCC(=O)Nc3ccccc3)sc2c1. The number of thiazole rings is 1. The maximum Gasteiger partial charge on any atom is 0.234 e. The van der Waals surface area contributed by atoms with E-state index in [0.717, 1.165) is 31.5 Å². The number of fused-ring (bicyclic) bond motifs is 1. The maximum atomic E-state index is 12.3. The van der Waals surface area contributed by atoms with Crippen molar-refractivity contribution in [3.63, 3.8) is 0 Å². The van der Waals surface area contributed by atoms with Crippen LogP contribution >= 0.6 is 23.1 Å². The highest BCUT2D eigenvalue weighted by Crippen LogP contribution is 2.31. The number of aromatic nitrogens is 1. The Hall–Kier alpha value is -3.16. The molecule has 0 bridgehead atoms. The van der Waals surface area contributed by atoms with Gasteiger partial charge in [-0.1, -0.05) is 60.3 Å². The summed E-state index contributed by atoms with van der Waals surface area (Å²) in [7, 11) is 0. The van der Waals surface area contributed by atoms with E-state index in [4.69, 9.17) is 0 Å². The Labute approximate surface area is 188 Å². The van der Waals surface area contributed by atoms with Crippen LogP contribution in [-0.2, 0) is 16.0 Å². The second-order valence-electron chi connectivity index (χ2n) is 6.90. The van der Waals surface area contributed by atoms with Crippen LogP contribution in [0.1, 0.15) is 12.0 Å². The van der Waals surface area contributed by atoms with Crippen molar-refractivity contribution in [1.82, 2.24) is 4.98 Å². The molecule has 1 aromatic heterocycles. The van der Waals surface area contributed by atoms with Crippen molar-refractivity contribution in [3.05, 3.63) is 84.4 Å². The first-order chi connectivity index (χ1) is 15.2. The quantitative estimate of drug-likeness (QED) is 0.345. The predicted octanol–water partition coefficient (Wildman–Crippen LogP) is 5.60. The highest BCUT2D eigenvalue weighted by atomic mass is 32.2. The van der Waals surface area contributed by atoms with E-state index in [0.29, 0.717) is 12.8 Å². The predicted molar refractivity (Wildman–Crippen MR) is 129 cm³/mol. The molecule has 1 heterocycles. The Balaban J connectivity index is 1.31. The number of carbonyl (C=O) groups excluding carboxylic acids is 2. The number of para-hydroxylation sites is 1. The smallest absolute Gasteiger partial charge is 0.234 e. The first-order valence-corrected chi connectivity index (χ1v) is 11.7. The Morgan fingerprint density at radius 2 is 1.55 bits per heavy atom. The molecule has 0 fully saturated rings. The summed E-state index contributed by atoms with van der Waals surface area (Å²) in [4.78, 5) is 29.0. The molecule has 2 amide bonds. The fourth-order valence-electron chi connectivity index (χ4n) is 3.01. The third-order valence-electron chi connectivity index (χ3n) is 4.52.